The average Bonchev–Trinajstić information content (AvgIpc) is 3.03. The van der Waals surface area contributed by atoms with Crippen LogP contribution >= 0.6 is 11.3 Å². The van der Waals surface area contributed by atoms with Crippen LogP contribution in [0.15, 0.2) is 34.4 Å². The van der Waals surface area contributed by atoms with Crippen molar-refractivity contribution in [1.29, 1.82) is 0 Å². The molecular weight excluding hydrogens is 350 g/mol. The van der Waals surface area contributed by atoms with Crippen LogP contribution in [0.2, 0.25) is 0 Å². The lowest BCUT2D eigenvalue weighted by Gasteiger charge is -2.09. The zero-order chi connectivity index (χ0) is 18.1. The number of aryl methyl sites for hydroxylation is 2. The van der Waals surface area contributed by atoms with Gasteiger partial charge in [-0.3, -0.25) is 4.79 Å². The predicted molar refractivity (Wildman–Crippen MR) is 103 cm³/mol. The molecule has 1 aromatic carbocycles. The number of aromatic hydroxyl groups is 1. The van der Waals surface area contributed by atoms with Crippen molar-refractivity contribution >= 4 is 27.8 Å². The highest BCUT2D eigenvalue weighted by Crippen LogP contribution is 2.33. The summed E-state index contributed by atoms with van der Waals surface area (Å²) in [4.78, 5) is 19.4. The Balaban J connectivity index is 1.71. The Kier molecular flexibility index (Phi) is 4.46. The first-order chi connectivity index (χ1) is 12.7. The molecule has 0 amide bonds. The van der Waals surface area contributed by atoms with Gasteiger partial charge < -0.3 is 9.84 Å². The van der Waals surface area contributed by atoms with Crippen molar-refractivity contribution in [2.45, 2.75) is 32.6 Å². The molecule has 0 saturated carbocycles. The molecule has 0 unspecified atom stereocenters. The van der Waals surface area contributed by atoms with Gasteiger partial charge in [0.2, 0.25) is 0 Å². The van der Waals surface area contributed by atoms with Crippen LogP contribution in [0.3, 0.4) is 0 Å². The molecule has 134 valence electrons. The zero-order valence-electron chi connectivity index (χ0n) is 14.4. The molecule has 1 aliphatic rings. The average molecular weight is 369 g/mol. The molecule has 0 bridgehead atoms. The molecular formula is C19H19N3O3S. The molecule has 4 rings (SSSR count). The number of phenolic OH excluding ortho intramolecular Hbond substituents is 1. The van der Waals surface area contributed by atoms with Gasteiger partial charge in [-0.2, -0.15) is 9.78 Å². The summed E-state index contributed by atoms with van der Waals surface area (Å²) < 4.78 is 6.65. The molecule has 1 aliphatic carbocycles. The first-order valence-corrected chi connectivity index (χ1v) is 9.51. The summed E-state index contributed by atoms with van der Waals surface area (Å²) in [5.41, 5.74) is 1.75. The highest BCUT2D eigenvalue weighted by molar-refractivity contribution is 7.18. The minimum Gasteiger partial charge on any atom is -0.504 e. The summed E-state index contributed by atoms with van der Waals surface area (Å²) in [6.07, 6.45) is 7.30. The predicted octanol–water partition coefficient (Wildman–Crippen LogP) is 3.32. The van der Waals surface area contributed by atoms with Gasteiger partial charge in [0.05, 0.1) is 18.2 Å². The summed E-state index contributed by atoms with van der Waals surface area (Å²) >= 11 is 1.63. The van der Waals surface area contributed by atoms with Crippen molar-refractivity contribution in [3.63, 3.8) is 0 Å². The Morgan fingerprint density at radius 3 is 3.08 bits per heavy atom. The lowest BCUT2D eigenvalue weighted by Crippen LogP contribution is -2.18. The third-order valence-electron chi connectivity index (χ3n) is 4.47. The number of thiophene rings is 1. The standard InChI is InChI=1S/C19H19N3O3S/c1-2-25-15-9-12(7-8-14(15)23)10-21-22-11-20-18-17(19(22)24)13-5-3-4-6-16(13)26-18/h7-11,23H,2-6H2,1H3/b21-10+. The van der Waals surface area contributed by atoms with Gasteiger partial charge >= 0.3 is 0 Å². The molecule has 6 nitrogen and oxygen atoms in total. The van der Waals surface area contributed by atoms with Gasteiger partial charge in [-0.25, -0.2) is 4.98 Å². The fraction of sp³-hybridized carbons (Fsp3) is 0.316. The summed E-state index contributed by atoms with van der Waals surface area (Å²) in [5, 5.41) is 14.8. The summed E-state index contributed by atoms with van der Waals surface area (Å²) in [6.45, 7) is 2.31. The highest BCUT2D eigenvalue weighted by Gasteiger charge is 2.19. The number of ether oxygens (including phenoxy) is 1. The maximum absolute atomic E-state index is 12.9. The van der Waals surface area contributed by atoms with Gasteiger partial charge in [-0.05, 0) is 61.9 Å². The fourth-order valence-electron chi connectivity index (χ4n) is 3.23. The van der Waals surface area contributed by atoms with Gasteiger partial charge in [0.1, 0.15) is 11.2 Å². The quantitative estimate of drug-likeness (QED) is 0.716. The third-order valence-corrected chi connectivity index (χ3v) is 5.67. The largest absolute Gasteiger partial charge is 0.504 e. The third kappa shape index (κ3) is 2.99. The first-order valence-electron chi connectivity index (χ1n) is 8.69. The van der Waals surface area contributed by atoms with Crippen molar-refractivity contribution in [3.05, 3.63) is 50.9 Å². The second-order valence-corrected chi connectivity index (χ2v) is 7.27. The zero-order valence-corrected chi connectivity index (χ0v) is 15.3. The van der Waals surface area contributed by atoms with Gasteiger partial charge in [-0.1, -0.05) is 0 Å². The smallest absolute Gasteiger partial charge is 0.282 e. The number of hydrogen-bond donors (Lipinski definition) is 1. The summed E-state index contributed by atoms with van der Waals surface area (Å²) in [5.74, 6) is 0.471. The molecule has 2 aromatic heterocycles. The van der Waals surface area contributed by atoms with Crippen molar-refractivity contribution < 1.29 is 9.84 Å². The van der Waals surface area contributed by atoms with E-state index in [0.717, 1.165) is 35.2 Å². The minimum absolute atomic E-state index is 0.0779. The number of fused-ring (bicyclic) bond motifs is 3. The fourth-order valence-corrected chi connectivity index (χ4v) is 4.45. The van der Waals surface area contributed by atoms with E-state index in [-0.39, 0.29) is 11.3 Å². The molecule has 0 radical (unpaired) electrons. The van der Waals surface area contributed by atoms with Crippen LogP contribution in [0, 0.1) is 0 Å². The number of benzene rings is 1. The number of aromatic nitrogens is 2. The molecule has 2 heterocycles. The topological polar surface area (TPSA) is 76.7 Å². The Morgan fingerprint density at radius 1 is 1.38 bits per heavy atom. The van der Waals surface area contributed by atoms with Crippen molar-refractivity contribution in [3.8, 4) is 11.5 Å². The molecule has 1 N–H and O–H groups in total. The lowest BCUT2D eigenvalue weighted by molar-refractivity contribution is 0.318. The van der Waals surface area contributed by atoms with E-state index in [1.54, 1.807) is 35.8 Å². The highest BCUT2D eigenvalue weighted by atomic mass is 32.1. The second-order valence-electron chi connectivity index (χ2n) is 6.19. The van der Waals surface area contributed by atoms with Crippen molar-refractivity contribution in [1.82, 2.24) is 9.66 Å². The molecule has 3 aromatic rings. The Hall–Kier alpha value is -2.67. The van der Waals surface area contributed by atoms with Gasteiger partial charge in [0, 0.05) is 4.88 Å². The monoisotopic (exact) mass is 369 g/mol. The van der Waals surface area contributed by atoms with Crippen molar-refractivity contribution in [2.24, 2.45) is 5.10 Å². The number of phenols is 1. The van der Waals surface area contributed by atoms with E-state index in [1.165, 1.54) is 22.3 Å². The van der Waals surface area contributed by atoms with Crippen LogP contribution in [-0.4, -0.2) is 27.6 Å². The maximum atomic E-state index is 12.9. The van der Waals surface area contributed by atoms with E-state index in [0.29, 0.717) is 17.7 Å². The maximum Gasteiger partial charge on any atom is 0.282 e. The SMILES string of the molecule is CCOc1cc(/C=N/n2cnc3sc4c(c3c2=O)CCCC4)ccc1O. The molecule has 0 atom stereocenters. The lowest BCUT2D eigenvalue weighted by atomic mass is 9.97. The van der Waals surface area contributed by atoms with E-state index >= 15 is 0 Å². The van der Waals surface area contributed by atoms with Crippen LogP contribution in [0.5, 0.6) is 11.5 Å². The normalized spacial score (nSPS) is 14.0. The molecule has 0 saturated heterocycles. The summed E-state index contributed by atoms with van der Waals surface area (Å²) in [7, 11) is 0. The first kappa shape index (κ1) is 16.8. The second kappa shape index (κ2) is 6.92. The van der Waals surface area contributed by atoms with E-state index < -0.39 is 0 Å². The summed E-state index contributed by atoms with van der Waals surface area (Å²) in [6, 6.07) is 4.95. The van der Waals surface area contributed by atoms with E-state index in [9.17, 15) is 9.90 Å². The Bertz CT molecular complexity index is 1050. The van der Waals surface area contributed by atoms with Crippen LogP contribution in [-0.2, 0) is 12.8 Å². The van der Waals surface area contributed by atoms with E-state index in [4.69, 9.17) is 4.74 Å². The molecule has 0 fully saturated rings. The molecule has 0 aliphatic heterocycles. The van der Waals surface area contributed by atoms with Gasteiger partial charge in [0.15, 0.2) is 11.5 Å². The van der Waals surface area contributed by atoms with Crippen molar-refractivity contribution in [2.75, 3.05) is 6.61 Å². The van der Waals surface area contributed by atoms with Crippen LogP contribution < -0.4 is 10.3 Å². The van der Waals surface area contributed by atoms with Gasteiger partial charge in [-0.15, -0.1) is 11.3 Å². The Morgan fingerprint density at radius 2 is 2.23 bits per heavy atom. The minimum atomic E-state index is -0.130. The Labute approximate surface area is 154 Å². The molecule has 7 heteroatoms. The van der Waals surface area contributed by atoms with E-state index in [1.807, 2.05) is 6.92 Å². The van der Waals surface area contributed by atoms with Crippen LogP contribution in [0.4, 0.5) is 0 Å². The van der Waals surface area contributed by atoms with Gasteiger partial charge in [0.25, 0.3) is 5.56 Å². The molecule has 0 spiro atoms. The number of rotatable bonds is 4. The van der Waals surface area contributed by atoms with Crippen LogP contribution in [0.1, 0.15) is 35.8 Å². The molecule has 26 heavy (non-hydrogen) atoms. The van der Waals surface area contributed by atoms with E-state index in [2.05, 4.69) is 10.1 Å². The number of hydrogen-bond acceptors (Lipinski definition) is 6. The van der Waals surface area contributed by atoms with Crippen LogP contribution in [0.25, 0.3) is 10.2 Å². The number of nitrogens with zero attached hydrogens (tertiary/aromatic N) is 3.